The lowest BCUT2D eigenvalue weighted by molar-refractivity contribution is -0.132. The number of amides is 1. The average molecular weight is 426 g/mol. The van der Waals surface area contributed by atoms with E-state index in [1.807, 2.05) is 53.6 Å². The maximum absolute atomic E-state index is 12.9. The molecule has 0 radical (unpaired) electrons. The molecular formula is C24H27NO4S. The highest BCUT2D eigenvalue weighted by molar-refractivity contribution is 7.98. The molecular weight excluding hydrogens is 398 g/mol. The molecule has 158 valence electrons. The van der Waals surface area contributed by atoms with Gasteiger partial charge < -0.3 is 14.4 Å². The summed E-state index contributed by atoms with van der Waals surface area (Å²) in [5.74, 6) is 1.58. The zero-order chi connectivity index (χ0) is 20.9. The van der Waals surface area contributed by atoms with Crippen LogP contribution in [0.5, 0.6) is 11.5 Å². The van der Waals surface area contributed by atoms with Crippen LogP contribution in [0, 0.1) is 0 Å². The molecule has 2 aromatic rings. The molecule has 5 nitrogen and oxygen atoms in total. The average Bonchev–Trinajstić information content (AvgIpc) is 3.16. The van der Waals surface area contributed by atoms with E-state index in [9.17, 15) is 9.59 Å². The first kappa shape index (κ1) is 20.8. The van der Waals surface area contributed by atoms with Crippen LogP contribution < -0.4 is 9.47 Å². The van der Waals surface area contributed by atoms with Crippen LogP contribution in [0.1, 0.15) is 54.1 Å². The second-order valence-electron chi connectivity index (χ2n) is 7.65. The summed E-state index contributed by atoms with van der Waals surface area (Å²) in [7, 11) is 0. The minimum Gasteiger partial charge on any atom is -0.490 e. The van der Waals surface area contributed by atoms with E-state index in [1.165, 1.54) is 0 Å². The topological polar surface area (TPSA) is 55.8 Å². The summed E-state index contributed by atoms with van der Waals surface area (Å²) < 4.78 is 11.5. The van der Waals surface area contributed by atoms with Crippen LogP contribution in [-0.4, -0.2) is 42.6 Å². The highest BCUT2D eigenvalue weighted by Crippen LogP contribution is 2.38. The lowest BCUT2D eigenvalue weighted by atomic mass is 10.0. The Labute approximate surface area is 181 Å². The van der Waals surface area contributed by atoms with Crippen LogP contribution >= 0.6 is 11.8 Å². The smallest absolute Gasteiger partial charge is 0.223 e. The predicted molar refractivity (Wildman–Crippen MR) is 118 cm³/mol. The monoisotopic (exact) mass is 425 g/mol. The van der Waals surface area contributed by atoms with Crippen molar-refractivity contribution in [3.63, 3.8) is 0 Å². The first-order valence-electron chi connectivity index (χ1n) is 10.5. The molecule has 1 fully saturated rings. The zero-order valence-electron chi connectivity index (χ0n) is 17.3. The van der Waals surface area contributed by atoms with Gasteiger partial charge in [0.25, 0.3) is 0 Å². The number of rotatable bonds is 6. The lowest BCUT2D eigenvalue weighted by Gasteiger charge is -2.25. The number of hydrogen-bond acceptors (Lipinski definition) is 5. The molecule has 0 aromatic heterocycles. The zero-order valence-corrected chi connectivity index (χ0v) is 18.1. The number of carbonyl (C=O) groups is 2. The van der Waals surface area contributed by atoms with Crippen molar-refractivity contribution >= 4 is 23.5 Å². The first-order valence-corrected chi connectivity index (χ1v) is 11.7. The Morgan fingerprint density at radius 2 is 1.77 bits per heavy atom. The van der Waals surface area contributed by atoms with Crippen LogP contribution in [0.25, 0.3) is 0 Å². The third-order valence-corrected chi connectivity index (χ3v) is 6.45. The van der Waals surface area contributed by atoms with Gasteiger partial charge in [-0.1, -0.05) is 18.2 Å². The number of benzene rings is 2. The molecule has 2 aliphatic heterocycles. The minimum absolute atomic E-state index is 0.0160. The summed E-state index contributed by atoms with van der Waals surface area (Å²) in [6.07, 6.45) is 5.24. The molecule has 0 spiro atoms. The predicted octanol–water partition coefficient (Wildman–Crippen LogP) is 4.90. The van der Waals surface area contributed by atoms with Gasteiger partial charge in [-0.25, -0.2) is 0 Å². The van der Waals surface area contributed by atoms with Crippen LogP contribution in [0.15, 0.2) is 47.4 Å². The molecule has 1 amide bonds. The third-order valence-electron chi connectivity index (χ3n) is 5.71. The minimum atomic E-state index is 0.0160. The van der Waals surface area contributed by atoms with Gasteiger partial charge in [0.15, 0.2) is 17.3 Å². The fraction of sp³-hybridized carbons (Fsp3) is 0.417. The molecule has 0 aliphatic carbocycles. The molecule has 0 bridgehead atoms. The number of fused-ring (bicyclic) bond motifs is 1. The van der Waals surface area contributed by atoms with Crippen molar-refractivity contribution in [2.24, 2.45) is 0 Å². The van der Waals surface area contributed by atoms with Crippen molar-refractivity contribution in [2.45, 2.75) is 43.0 Å². The first-order chi connectivity index (χ1) is 14.7. The Bertz CT molecular complexity index is 912. The molecule has 6 heteroatoms. The maximum Gasteiger partial charge on any atom is 0.223 e. The van der Waals surface area contributed by atoms with Crippen LogP contribution in [0.2, 0.25) is 0 Å². The molecule has 0 saturated carbocycles. The van der Waals surface area contributed by atoms with Gasteiger partial charge in [-0.15, -0.1) is 11.8 Å². The van der Waals surface area contributed by atoms with E-state index in [0.29, 0.717) is 18.8 Å². The number of carbonyl (C=O) groups excluding carboxylic acids is 2. The maximum atomic E-state index is 12.9. The number of ketones is 1. The molecule has 2 aliphatic rings. The van der Waals surface area contributed by atoms with E-state index in [4.69, 9.17) is 9.47 Å². The van der Waals surface area contributed by atoms with Gasteiger partial charge in [-0.05, 0) is 48.9 Å². The Hall–Kier alpha value is -2.47. The van der Waals surface area contributed by atoms with Gasteiger partial charge in [-0.3, -0.25) is 9.59 Å². The summed E-state index contributed by atoms with van der Waals surface area (Å²) >= 11 is 1.64. The number of hydrogen-bond donors (Lipinski definition) is 0. The standard InChI is InChI=1S/C24H27NO4S/c1-30-19-8-5-17(6-9-19)21(26)10-12-24(27)25-13-2-4-20(25)18-7-11-22-23(16-18)29-15-3-14-28-22/h5-9,11,16,20H,2-4,10,12-15H2,1H3. The largest absolute Gasteiger partial charge is 0.490 e. The number of thioether (sulfide) groups is 1. The van der Waals surface area contributed by atoms with E-state index in [0.717, 1.165) is 47.8 Å². The second kappa shape index (κ2) is 9.56. The highest BCUT2D eigenvalue weighted by atomic mass is 32.2. The molecule has 1 unspecified atom stereocenters. The highest BCUT2D eigenvalue weighted by Gasteiger charge is 2.30. The van der Waals surface area contributed by atoms with Crippen molar-refractivity contribution in [1.82, 2.24) is 4.90 Å². The number of nitrogens with zero attached hydrogens (tertiary/aromatic N) is 1. The Kier molecular flexibility index (Phi) is 6.62. The Morgan fingerprint density at radius 1 is 1.00 bits per heavy atom. The van der Waals surface area contributed by atoms with Gasteiger partial charge in [0, 0.05) is 36.3 Å². The third kappa shape index (κ3) is 4.64. The fourth-order valence-electron chi connectivity index (χ4n) is 4.08. The van der Waals surface area contributed by atoms with E-state index in [1.54, 1.807) is 11.8 Å². The molecule has 2 aromatic carbocycles. The van der Waals surface area contributed by atoms with Gasteiger partial charge in [-0.2, -0.15) is 0 Å². The summed E-state index contributed by atoms with van der Waals surface area (Å²) in [6, 6.07) is 13.6. The van der Waals surface area contributed by atoms with Crippen molar-refractivity contribution in [3.05, 3.63) is 53.6 Å². The molecule has 2 heterocycles. The fourth-order valence-corrected chi connectivity index (χ4v) is 4.49. The lowest BCUT2D eigenvalue weighted by Crippen LogP contribution is -2.30. The van der Waals surface area contributed by atoms with E-state index in [2.05, 4.69) is 0 Å². The number of Topliss-reactive ketones (excluding diaryl/α,β-unsaturated/α-hetero) is 1. The van der Waals surface area contributed by atoms with Crippen LogP contribution in [0.3, 0.4) is 0 Å². The van der Waals surface area contributed by atoms with Gasteiger partial charge in [0.2, 0.25) is 5.91 Å². The van der Waals surface area contributed by atoms with Crippen molar-refractivity contribution < 1.29 is 19.1 Å². The van der Waals surface area contributed by atoms with E-state index in [-0.39, 0.29) is 30.6 Å². The van der Waals surface area contributed by atoms with Gasteiger partial charge >= 0.3 is 0 Å². The van der Waals surface area contributed by atoms with Crippen molar-refractivity contribution in [1.29, 1.82) is 0 Å². The molecule has 4 rings (SSSR count). The Balaban J connectivity index is 1.40. The Morgan fingerprint density at radius 3 is 2.53 bits per heavy atom. The molecule has 30 heavy (non-hydrogen) atoms. The number of ether oxygens (including phenoxy) is 2. The molecule has 1 saturated heterocycles. The normalized spacial score (nSPS) is 18.2. The summed E-state index contributed by atoms with van der Waals surface area (Å²) in [5, 5.41) is 0. The molecule has 1 atom stereocenters. The molecule has 0 N–H and O–H groups in total. The second-order valence-corrected chi connectivity index (χ2v) is 8.53. The van der Waals surface area contributed by atoms with Crippen molar-refractivity contribution in [2.75, 3.05) is 26.0 Å². The van der Waals surface area contributed by atoms with E-state index >= 15 is 0 Å². The quantitative estimate of drug-likeness (QED) is 0.487. The van der Waals surface area contributed by atoms with Gasteiger partial charge in [0.1, 0.15) is 0 Å². The summed E-state index contributed by atoms with van der Waals surface area (Å²) in [5.41, 5.74) is 1.74. The number of likely N-dealkylation sites (tertiary alicyclic amines) is 1. The van der Waals surface area contributed by atoms with Crippen LogP contribution in [0.4, 0.5) is 0 Å². The summed E-state index contributed by atoms with van der Waals surface area (Å²) in [6.45, 7) is 2.03. The van der Waals surface area contributed by atoms with Crippen LogP contribution in [-0.2, 0) is 4.79 Å². The van der Waals surface area contributed by atoms with Gasteiger partial charge in [0.05, 0.1) is 19.3 Å². The SMILES string of the molecule is CSc1ccc(C(=O)CCC(=O)N2CCCC2c2ccc3c(c2)OCCCO3)cc1. The van der Waals surface area contributed by atoms with E-state index < -0.39 is 0 Å². The summed E-state index contributed by atoms with van der Waals surface area (Å²) in [4.78, 5) is 28.5. The van der Waals surface area contributed by atoms with Crippen molar-refractivity contribution in [3.8, 4) is 11.5 Å².